The predicted molar refractivity (Wildman–Crippen MR) is 230 cm³/mol. The molecule has 0 saturated carbocycles. The Balaban J connectivity index is 1.43. The lowest BCUT2D eigenvalue weighted by Gasteiger charge is -2.32. The Morgan fingerprint density at radius 3 is 1.12 bits per heavy atom. The van der Waals surface area contributed by atoms with E-state index in [1.807, 2.05) is 104 Å². The molecule has 0 atom stereocenters. The fourth-order valence-electron chi connectivity index (χ4n) is 7.60. The zero-order chi connectivity index (χ0) is 43.1. The Kier molecular flexibility index (Phi) is 18.1. The molecule has 4 aromatic carbocycles. The standard InChI is InChI=1S/C49H66O10/c1-32-21-40(22-33(2)45(32)51)13-9-10-18-49(29-55-44(50)17-16-43-27-38(7)48(54)39(8)28-43,30-58-56-19-11-14-41-23-34(3)46(52)35(4)24-41)31-59-57-20-12-15-42-25-36(5)47(53)37(6)26-42/h21-28,51-54H,9-20,29-31H2,1-8H3. The summed E-state index contributed by atoms with van der Waals surface area (Å²) in [7, 11) is 0. The second kappa shape index (κ2) is 22.7. The Hall–Kier alpha value is -4.61. The monoisotopic (exact) mass is 814 g/mol. The summed E-state index contributed by atoms with van der Waals surface area (Å²) in [6.45, 7) is 16.0. The highest BCUT2D eigenvalue weighted by Crippen LogP contribution is 2.31. The molecular formula is C49H66O10. The van der Waals surface area contributed by atoms with Gasteiger partial charge in [0.2, 0.25) is 0 Å². The molecule has 0 heterocycles. The number of carbonyl (C=O) groups is 1. The largest absolute Gasteiger partial charge is 0.507 e. The van der Waals surface area contributed by atoms with Crippen LogP contribution in [0.4, 0.5) is 0 Å². The van der Waals surface area contributed by atoms with Gasteiger partial charge in [0.25, 0.3) is 0 Å². The van der Waals surface area contributed by atoms with Crippen molar-refractivity contribution in [3.63, 3.8) is 0 Å². The molecule has 0 bridgehead atoms. The minimum Gasteiger partial charge on any atom is -0.507 e. The third-order valence-electron chi connectivity index (χ3n) is 11.1. The minimum atomic E-state index is -0.793. The van der Waals surface area contributed by atoms with Crippen molar-refractivity contribution < 1.29 is 49.5 Å². The summed E-state index contributed by atoms with van der Waals surface area (Å²) >= 11 is 0. The van der Waals surface area contributed by atoms with Gasteiger partial charge in [0.05, 0.1) is 31.8 Å². The number of benzene rings is 4. The summed E-state index contributed by atoms with van der Waals surface area (Å²) < 4.78 is 5.98. The number of carbonyl (C=O) groups excluding carboxylic acids is 1. The van der Waals surface area contributed by atoms with Gasteiger partial charge in [-0.25, -0.2) is 19.6 Å². The van der Waals surface area contributed by atoms with E-state index in [0.717, 1.165) is 98.9 Å². The van der Waals surface area contributed by atoms with E-state index < -0.39 is 5.41 Å². The lowest BCUT2D eigenvalue weighted by Crippen LogP contribution is -2.38. The third kappa shape index (κ3) is 14.6. The molecule has 0 amide bonds. The lowest BCUT2D eigenvalue weighted by molar-refractivity contribution is -0.345. The highest BCUT2D eigenvalue weighted by molar-refractivity contribution is 5.69. The van der Waals surface area contributed by atoms with Crippen molar-refractivity contribution in [3.05, 3.63) is 115 Å². The van der Waals surface area contributed by atoms with Crippen molar-refractivity contribution in [1.82, 2.24) is 0 Å². The number of phenols is 4. The summed E-state index contributed by atoms with van der Waals surface area (Å²) in [5.41, 5.74) is 10.1. The summed E-state index contributed by atoms with van der Waals surface area (Å²) in [5.74, 6) is 0.864. The Morgan fingerprint density at radius 2 is 0.763 bits per heavy atom. The van der Waals surface area contributed by atoms with Crippen LogP contribution in [0.25, 0.3) is 0 Å². The predicted octanol–water partition coefficient (Wildman–Crippen LogP) is 10.0. The average Bonchev–Trinajstić information content (AvgIpc) is 3.19. The quantitative estimate of drug-likeness (QED) is 0.0234. The molecule has 10 heteroatoms. The highest BCUT2D eigenvalue weighted by atomic mass is 17.2. The summed E-state index contributed by atoms with van der Waals surface area (Å²) in [6, 6.07) is 15.8. The molecule has 0 aromatic heterocycles. The van der Waals surface area contributed by atoms with Crippen LogP contribution in [0, 0.1) is 60.8 Å². The number of esters is 1. The summed E-state index contributed by atoms with van der Waals surface area (Å²) in [4.78, 5) is 36.5. The van der Waals surface area contributed by atoms with E-state index in [1.165, 1.54) is 0 Å². The van der Waals surface area contributed by atoms with Crippen LogP contribution in [0.1, 0.15) is 105 Å². The molecule has 0 spiro atoms. The number of ether oxygens (including phenoxy) is 1. The number of unbranched alkanes of at least 4 members (excludes halogenated alkanes) is 1. The van der Waals surface area contributed by atoms with Crippen LogP contribution in [0.15, 0.2) is 48.5 Å². The summed E-state index contributed by atoms with van der Waals surface area (Å²) in [5, 5.41) is 40.8. The van der Waals surface area contributed by atoms with Gasteiger partial charge in [0, 0.05) is 6.42 Å². The van der Waals surface area contributed by atoms with Gasteiger partial charge in [-0.05, 0) is 174 Å². The van der Waals surface area contributed by atoms with Gasteiger partial charge in [-0.15, -0.1) is 0 Å². The van der Waals surface area contributed by atoms with Crippen LogP contribution in [-0.2, 0) is 54.8 Å². The first-order valence-corrected chi connectivity index (χ1v) is 20.9. The molecule has 0 saturated heterocycles. The van der Waals surface area contributed by atoms with E-state index in [9.17, 15) is 25.2 Å². The molecular weight excluding hydrogens is 749 g/mol. The topological polar surface area (TPSA) is 144 Å². The number of aromatic hydroxyl groups is 4. The molecule has 4 rings (SSSR count). The maximum atomic E-state index is 13.3. The van der Waals surface area contributed by atoms with Crippen molar-refractivity contribution in [2.45, 2.75) is 120 Å². The summed E-state index contributed by atoms with van der Waals surface area (Å²) in [6.07, 6.45) is 6.57. The number of hydrogen-bond donors (Lipinski definition) is 4. The lowest BCUT2D eigenvalue weighted by atomic mass is 9.84. The normalized spacial score (nSPS) is 11.7. The molecule has 0 fully saturated rings. The van der Waals surface area contributed by atoms with Crippen LogP contribution in [0.5, 0.6) is 23.0 Å². The van der Waals surface area contributed by atoms with Crippen molar-refractivity contribution in [3.8, 4) is 23.0 Å². The van der Waals surface area contributed by atoms with E-state index in [4.69, 9.17) is 24.3 Å². The maximum Gasteiger partial charge on any atom is 0.306 e. The highest BCUT2D eigenvalue weighted by Gasteiger charge is 2.34. The molecule has 0 aliphatic heterocycles. The number of phenolic OH excluding ortho intramolecular Hbond substituents is 4. The average molecular weight is 815 g/mol. The van der Waals surface area contributed by atoms with Crippen molar-refractivity contribution in [2.24, 2.45) is 5.41 Å². The van der Waals surface area contributed by atoms with E-state index in [0.29, 0.717) is 56.1 Å². The minimum absolute atomic E-state index is 0.0295. The number of hydrogen-bond acceptors (Lipinski definition) is 10. The maximum absolute atomic E-state index is 13.3. The van der Waals surface area contributed by atoms with Gasteiger partial charge < -0.3 is 25.2 Å². The van der Waals surface area contributed by atoms with E-state index in [2.05, 4.69) is 0 Å². The first-order chi connectivity index (χ1) is 28.1. The molecule has 0 radical (unpaired) electrons. The second-order valence-corrected chi connectivity index (χ2v) is 16.6. The SMILES string of the molecule is Cc1cc(CCCCC(COOCCCc2cc(C)c(O)c(C)c2)(COOCCCc2cc(C)c(O)c(C)c2)COC(=O)CCc2cc(C)c(O)c(C)c2)cc(C)c1O. The van der Waals surface area contributed by atoms with Gasteiger partial charge in [0.1, 0.15) is 29.6 Å². The molecule has 322 valence electrons. The first-order valence-electron chi connectivity index (χ1n) is 20.9. The van der Waals surface area contributed by atoms with Crippen molar-refractivity contribution in [1.29, 1.82) is 0 Å². The molecule has 4 aromatic rings. The van der Waals surface area contributed by atoms with Gasteiger partial charge in [-0.2, -0.15) is 0 Å². The van der Waals surface area contributed by atoms with Crippen molar-refractivity contribution >= 4 is 5.97 Å². The number of rotatable bonds is 24. The van der Waals surface area contributed by atoms with E-state index in [-0.39, 0.29) is 38.0 Å². The van der Waals surface area contributed by atoms with Gasteiger partial charge in [0.15, 0.2) is 0 Å². The van der Waals surface area contributed by atoms with Gasteiger partial charge in [-0.3, -0.25) is 4.79 Å². The fourth-order valence-corrected chi connectivity index (χ4v) is 7.60. The smallest absolute Gasteiger partial charge is 0.306 e. The Morgan fingerprint density at radius 1 is 0.441 bits per heavy atom. The molecule has 10 nitrogen and oxygen atoms in total. The van der Waals surface area contributed by atoms with Crippen LogP contribution >= 0.6 is 0 Å². The Labute approximate surface area is 350 Å². The number of aryl methyl sites for hydroxylation is 12. The van der Waals surface area contributed by atoms with Crippen molar-refractivity contribution in [2.75, 3.05) is 33.0 Å². The van der Waals surface area contributed by atoms with Crippen LogP contribution in [0.2, 0.25) is 0 Å². The zero-order valence-corrected chi connectivity index (χ0v) is 36.5. The molecule has 0 aliphatic rings. The Bertz CT molecular complexity index is 1840. The van der Waals surface area contributed by atoms with E-state index in [1.54, 1.807) is 0 Å². The molecule has 4 N–H and O–H groups in total. The molecule has 0 unspecified atom stereocenters. The van der Waals surface area contributed by atoms with Crippen LogP contribution in [-0.4, -0.2) is 59.4 Å². The first kappa shape index (κ1) is 47.1. The van der Waals surface area contributed by atoms with Gasteiger partial charge >= 0.3 is 5.97 Å². The molecule has 59 heavy (non-hydrogen) atoms. The van der Waals surface area contributed by atoms with Crippen LogP contribution in [0.3, 0.4) is 0 Å². The van der Waals surface area contributed by atoms with Gasteiger partial charge in [-0.1, -0.05) is 55.0 Å². The second-order valence-electron chi connectivity index (χ2n) is 16.6. The fraction of sp³-hybridized carbons (Fsp3) is 0.490. The zero-order valence-electron chi connectivity index (χ0n) is 36.5. The third-order valence-corrected chi connectivity index (χ3v) is 11.1. The van der Waals surface area contributed by atoms with Crippen LogP contribution < -0.4 is 0 Å². The molecule has 0 aliphatic carbocycles. The van der Waals surface area contributed by atoms with E-state index >= 15 is 0 Å².